The molecule has 0 aliphatic heterocycles. The van der Waals surface area contributed by atoms with Crippen LogP contribution in [0.3, 0.4) is 0 Å². The highest BCUT2D eigenvalue weighted by molar-refractivity contribution is 5.70. The molecular weight excluding hydrogens is 170 g/mol. The minimum atomic E-state index is -0.857. The molecule has 13 heavy (non-hydrogen) atoms. The number of benzene rings is 1. The van der Waals surface area contributed by atoms with Crippen LogP contribution >= 0.6 is 0 Å². The standard InChI is InChI=1S/C9H11NO3/c10-13-6-8-4-2-1-3-7(8)5-9(11)12/h1-4H,5-6,10H2,(H,11,12). The van der Waals surface area contributed by atoms with E-state index in [9.17, 15) is 4.79 Å². The van der Waals surface area contributed by atoms with Crippen LogP contribution in [-0.2, 0) is 22.7 Å². The summed E-state index contributed by atoms with van der Waals surface area (Å²) in [5.74, 6) is 4.06. The van der Waals surface area contributed by atoms with Gasteiger partial charge in [0.05, 0.1) is 13.0 Å². The van der Waals surface area contributed by atoms with Crippen molar-refractivity contribution in [2.75, 3.05) is 0 Å². The molecule has 4 heteroatoms. The lowest BCUT2D eigenvalue weighted by Crippen LogP contribution is -2.06. The Balaban J connectivity index is 2.84. The Morgan fingerprint density at radius 2 is 2.00 bits per heavy atom. The van der Waals surface area contributed by atoms with Crippen LogP contribution in [0.25, 0.3) is 0 Å². The summed E-state index contributed by atoms with van der Waals surface area (Å²) in [4.78, 5) is 14.9. The number of carboxylic acids is 1. The number of nitrogens with two attached hydrogens (primary N) is 1. The number of hydrogen-bond acceptors (Lipinski definition) is 3. The van der Waals surface area contributed by atoms with E-state index in [0.29, 0.717) is 0 Å². The molecule has 0 heterocycles. The Hall–Kier alpha value is -1.39. The quantitative estimate of drug-likeness (QED) is 0.671. The minimum Gasteiger partial charge on any atom is -0.481 e. The molecule has 4 nitrogen and oxygen atoms in total. The van der Waals surface area contributed by atoms with Crippen molar-refractivity contribution >= 4 is 5.97 Å². The lowest BCUT2D eigenvalue weighted by molar-refractivity contribution is -0.136. The van der Waals surface area contributed by atoms with Crippen molar-refractivity contribution in [3.8, 4) is 0 Å². The third-order valence-electron chi connectivity index (χ3n) is 1.70. The molecule has 0 aliphatic rings. The maximum absolute atomic E-state index is 10.5. The lowest BCUT2D eigenvalue weighted by Gasteiger charge is -2.04. The number of aliphatic carboxylic acids is 1. The second-order valence-corrected chi connectivity index (χ2v) is 2.65. The second-order valence-electron chi connectivity index (χ2n) is 2.65. The molecule has 0 bridgehead atoms. The van der Waals surface area contributed by atoms with Gasteiger partial charge in [-0.1, -0.05) is 24.3 Å². The van der Waals surface area contributed by atoms with E-state index in [-0.39, 0.29) is 13.0 Å². The third-order valence-corrected chi connectivity index (χ3v) is 1.70. The molecule has 0 saturated heterocycles. The van der Waals surface area contributed by atoms with Crippen molar-refractivity contribution in [1.29, 1.82) is 0 Å². The molecule has 0 radical (unpaired) electrons. The number of rotatable bonds is 4. The number of carbonyl (C=O) groups is 1. The van der Waals surface area contributed by atoms with Gasteiger partial charge in [0, 0.05) is 0 Å². The van der Waals surface area contributed by atoms with Crippen molar-refractivity contribution < 1.29 is 14.7 Å². The first-order chi connectivity index (χ1) is 6.24. The summed E-state index contributed by atoms with van der Waals surface area (Å²) in [7, 11) is 0. The van der Waals surface area contributed by atoms with Gasteiger partial charge >= 0.3 is 5.97 Å². The van der Waals surface area contributed by atoms with Gasteiger partial charge in [-0.3, -0.25) is 9.63 Å². The summed E-state index contributed by atoms with van der Waals surface area (Å²) in [5.41, 5.74) is 1.55. The van der Waals surface area contributed by atoms with E-state index in [2.05, 4.69) is 4.84 Å². The highest BCUT2D eigenvalue weighted by Crippen LogP contribution is 2.09. The van der Waals surface area contributed by atoms with Crippen LogP contribution in [0.1, 0.15) is 11.1 Å². The van der Waals surface area contributed by atoms with E-state index in [4.69, 9.17) is 11.0 Å². The van der Waals surface area contributed by atoms with Gasteiger partial charge in [-0.15, -0.1) is 0 Å². The van der Waals surface area contributed by atoms with Crippen LogP contribution in [0.5, 0.6) is 0 Å². The predicted molar refractivity (Wildman–Crippen MR) is 46.8 cm³/mol. The van der Waals surface area contributed by atoms with Crippen molar-refractivity contribution in [3.63, 3.8) is 0 Å². The number of carboxylic acid groups (broad SMARTS) is 1. The molecule has 0 amide bonds. The first-order valence-electron chi connectivity index (χ1n) is 3.84. The maximum Gasteiger partial charge on any atom is 0.307 e. The fourth-order valence-electron chi connectivity index (χ4n) is 1.12. The van der Waals surface area contributed by atoms with Gasteiger partial charge in [0.15, 0.2) is 0 Å². The zero-order valence-electron chi connectivity index (χ0n) is 7.06. The fourth-order valence-corrected chi connectivity index (χ4v) is 1.12. The maximum atomic E-state index is 10.5. The van der Waals surface area contributed by atoms with Crippen LogP contribution in [0.15, 0.2) is 24.3 Å². The van der Waals surface area contributed by atoms with Crippen LogP contribution in [0.4, 0.5) is 0 Å². The van der Waals surface area contributed by atoms with Crippen molar-refractivity contribution in [2.45, 2.75) is 13.0 Å². The molecular formula is C9H11NO3. The molecule has 0 spiro atoms. The number of hydrogen-bond donors (Lipinski definition) is 2. The summed E-state index contributed by atoms with van der Waals surface area (Å²) in [6.45, 7) is 0.240. The highest BCUT2D eigenvalue weighted by atomic mass is 16.6. The van der Waals surface area contributed by atoms with Crippen LogP contribution in [0, 0.1) is 0 Å². The van der Waals surface area contributed by atoms with Gasteiger partial charge in [0.2, 0.25) is 0 Å². The monoisotopic (exact) mass is 181 g/mol. The fraction of sp³-hybridized carbons (Fsp3) is 0.222. The Morgan fingerprint density at radius 3 is 2.54 bits per heavy atom. The van der Waals surface area contributed by atoms with Crippen LogP contribution in [0.2, 0.25) is 0 Å². The van der Waals surface area contributed by atoms with Crippen molar-refractivity contribution in [3.05, 3.63) is 35.4 Å². The topological polar surface area (TPSA) is 72.5 Å². The predicted octanol–water partition coefficient (Wildman–Crippen LogP) is 0.704. The molecule has 0 saturated carbocycles. The van der Waals surface area contributed by atoms with E-state index >= 15 is 0 Å². The second kappa shape index (κ2) is 4.59. The van der Waals surface area contributed by atoms with E-state index in [1.807, 2.05) is 6.07 Å². The van der Waals surface area contributed by atoms with E-state index in [1.54, 1.807) is 18.2 Å². The molecule has 1 aromatic rings. The van der Waals surface area contributed by atoms with Gasteiger partial charge in [0.1, 0.15) is 0 Å². The molecule has 0 aromatic heterocycles. The van der Waals surface area contributed by atoms with Gasteiger partial charge in [-0.05, 0) is 11.1 Å². The van der Waals surface area contributed by atoms with Crippen LogP contribution in [-0.4, -0.2) is 11.1 Å². The molecule has 0 atom stereocenters. The van der Waals surface area contributed by atoms with Gasteiger partial charge in [-0.25, -0.2) is 5.90 Å². The largest absolute Gasteiger partial charge is 0.481 e. The molecule has 3 N–H and O–H groups in total. The smallest absolute Gasteiger partial charge is 0.307 e. The summed E-state index contributed by atoms with van der Waals surface area (Å²) in [6, 6.07) is 7.16. The van der Waals surface area contributed by atoms with Gasteiger partial charge in [0.25, 0.3) is 0 Å². The molecule has 0 aliphatic carbocycles. The SMILES string of the molecule is NOCc1ccccc1CC(=O)O. The Bertz CT molecular complexity index is 299. The molecule has 70 valence electrons. The zero-order valence-corrected chi connectivity index (χ0v) is 7.06. The summed E-state index contributed by atoms with van der Waals surface area (Å²) >= 11 is 0. The first-order valence-corrected chi connectivity index (χ1v) is 3.84. The minimum absolute atomic E-state index is 0.000463. The molecule has 0 unspecified atom stereocenters. The Kier molecular flexibility index (Phi) is 3.42. The summed E-state index contributed by atoms with van der Waals surface area (Å²) in [5, 5.41) is 8.59. The average molecular weight is 181 g/mol. The average Bonchev–Trinajstić information content (AvgIpc) is 2.08. The van der Waals surface area contributed by atoms with Gasteiger partial charge in [-0.2, -0.15) is 0 Å². The van der Waals surface area contributed by atoms with E-state index in [1.165, 1.54) is 0 Å². The zero-order chi connectivity index (χ0) is 9.68. The molecule has 1 rings (SSSR count). The summed E-state index contributed by atoms with van der Waals surface area (Å²) < 4.78 is 0. The Labute approximate surface area is 75.9 Å². The molecule has 1 aromatic carbocycles. The Morgan fingerprint density at radius 1 is 1.38 bits per heavy atom. The van der Waals surface area contributed by atoms with Crippen LogP contribution < -0.4 is 5.90 Å². The normalized spacial score (nSPS) is 9.92. The molecule has 0 fully saturated rings. The highest BCUT2D eigenvalue weighted by Gasteiger charge is 2.05. The van der Waals surface area contributed by atoms with E-state index < -0.39 is 5.97 Å². The third kappa shape index (κ3) is 2.85. The first kappa shape index (κ1) is 9.70. The van der Waals surface area contributed by atoms with Crippen molar-refractivity contribution in [2.24, 2.45) is 5.90 Å². The summed E-state index contributed by atoms with van der Waals surface area (Å²) in [6.07, 6.45) is -0.000463. The van der Waals surface area contributed by atoms with Crippen molar-refractivity contribution in [1.82, 2.24) is 0 Å². The lowest BCUT2D eigenvalue weighted by atomic mass is 10.1. The van der Waals surface area contributed by atoms with Gasteiger partial charge < -0.3 is 5.11 Å². The van der Waals surface area contributed by atoms with E-state index in [0.717, 1.165) is 11.1 Å².